The van der Waals surface area contributed by atoms with Gasteiger partial charge in [0.05, 0.1) is 5.52 Å². The smallest absolute Gasteiger partial charge is 0.0537 e. The lowest BCUT2D eigenvalue weighted by atomic mass is 10.1. The van der Waals surface area contributed by atoms with Crippen LogP contribution in [-0.2, 0) is 0 Å². The maximum Gasteiger partial charge on any atom is 0.0537 e. The molecule has 0 spiro atoms. The fourth-order valence-electron chi connectivity index (χ4n) is 3.20. The molecule has 0 bridgehead atoms. The highest BCUT2D eigenvalue weighted by Gasteiger charge is 2.10. The van der Waals surface area contributed by atoms with Crippen molar-refractivity contribution >= 4 is 21.7 Å². The second-order valence-corrected chi connectivity index (χ2v) is 5.68. The van der Waals surface area contributed by atoms with E-state index >= 15 is 0 Å². The third-order valence-electron chi connectivity index (χ3n) is 4.15. The van der Waals surface area contributed by atoms with Crippen molar-refractivity contribution < 1.29 is 0 Å². The van der Waals surface area contributed by atoms with Gasteiger partial charge in [-0.1, -0.05) is 42.5 Å². The molecule has 0 unspecified atom stereocenters. The molecular formula is C20H17N. The van der Waals surface area contributed by atoms with Gasteiger partial charge in [-0.05, 0) is 54.4 Å². The number of rotatable bonds is 1. The second kappa shape index (κ2) is 4.49. The van der Waals surface area contributed by atoms with E-state index in [-0.39, 0.29) is 0 Å². The zero-order valence-corrected chi connectivity index (χ0v) is 12.3. The first kappa shape index (κ1) is 12.2. The van der Waals surface area contributed by atoms with Crippen LogP contribution in [0.4, 0.5) is 0 Å². The van der Waals surface area contributed by atoms with Gasteiger partial charge < -0.3 is 4.57 Å². The van der Waals surface area contributed by atoms with E-state index in [9.17, 15) is 0 Å². The quantitative estimate of drug-likeness (QED) is 0.437. The molecule has 1 nitrogen and oxygen atoms in total. The maximum atomic E-state index is 2.34. The number of nitrogens with zero attached hydrogens (tertiary/aromatic N) is 1. The minimum absolute atomic E-state index is 1.23. The number of aromatic nitrogens is 1. The average Bonchev–Trinajstić information content (AvgIpc) is 2.83. The van der Waals surface area contributed by atoms with Crippen LogP contribution in [0.15, 0.2) is 66.7 Å². The summed E-state index contributed by atoms with van der Waals surface area (Å²) in [6.45, 7) is 4.32. The summed E-state index contributed by atoms with van der Waals surface area (Å²) >= 11 is 0. The zero-order valence-electron chi connectivity index (χ0n) is 12.3. The van der Waals surface area contributed by atoms with Crippen LogP contribution in [0.1, 0.15) is 11.3 Å². The molecular weight excluding hydrogens is 254 g/mol. The molecule has 4 rings (SSSR count). The van der Waals surface area contributed by atoms with E-state index < -0.39 is 0 Å². The fraction of sp³-hybridized carbons (Fsp3) is 0.100. The van der Waals surface area contributed by atoms with Crippen LogP contribution in [0.2, 0.25) is 0 Å². The van der Waals surface area contributed by atoms with Crippen molar-refractivity contribution in [3.05, 3.63) is 78.0 Å². The van der Waals surface area contributed by atoms with Gasteiger partial charge in [-0.2, -0.15) is 0 Å². The van der Waals surface area contributed by atoms with Gasteiger partial charge in [0.2, 0.25) is 0 Å². The Labute approximate surface area is 124 Å². The molecule has 0 aliphatic carbocycles. The molecule has 1 heterocycles. The Morgan fingerprint density at radius 3 is 2.43 bits per heavy atom. The first-order valence-electron chi connectivity index (χ1n) is 7.31. The third-order valence-corrected chi connectivity index (χ3v) is 4.15. The molecule has 0 amide bonds. The van der Waals surface area contributed by atoms with Crippen molar-refractivity contribution in [2.24, 2.45) is 0 Å². The van der Waals surface area contributed by atoms with Gasteiger partial charge in [0.25, 0.3) is 0 Å². The van der Waals surface area contributed by atoms with Crippen LogP contribution in [0.5, 0.6) is 0 Å². The highest BCUT2D eigenvalue weighted by atomic mass is 15.0. The molecule has 0 saturated carbocycles. The average molecular weight is 271 g/mol. The van der Waals surface area contributed by atoms with Crippen molar-refractivity contribution in [1.29, 1.82) is 0 Å². The Morgan fingerprint density at radius 2 is 1.57 bits per heavy atom. The molecule has 1 aromatic heterocycles. The minimum Gasteiger partial charge on any atom is -0.314 e. The Morgan fingerprint density at radius 1 is 0.714 bits per heavy atom. The minimum atomic E-state index is 1.23. The summed E-state index contributed by atoms with van der Waals surface area (Å²) in [4.78, 5) is 0. The fourth-order valence-corrected chi connectivity index (χ4v) is 3.20. The van der Waals surface area contributed by atoms with Crippen LogP contribution < -0.4 is 0 Å². The number of fused-ring (bicyclic) bond motifs is 3. The van der Waals surface area contributed by atoms with E-state index in [0.29, 0.717) is 0 Å². The third kappa shape index (κ3) is 1.85. The van der Waals surface area contributed by atoms with Crippen LogP contribution in [0.3, 0.4) is 0 Å². The van der Waals surface area contributed by atoms with Crippen molar-refractivity contribution in [1.82, 2.24) is 4.57 Å². The van der Waals surface area contributed by atoms with Gasteiger partial charge in [-0.3, -0.25) is 0 Å². The second-order valence-electron chi connectivity index (χ2n) is 5.68. The van der Waals surface area contributed by atoms with Crippen LogP contribution >= 0.6 is 0 Å². The van der Waals surface area contributed by atoms with Gasteiger partial charge in [0, 0.05) is 16.8 Å². The summed E-state index contributed by atoms with van der Waals surface area (Å²) < 4.78 is 2.34. The summed E-state index contributed by atoms with van der Waals surface area (Å²) in [5.74, 6) is 0. The first-order chi connectivity index (χ1) is 10.2. The zero-order chi connectivity index (χ0) is 14.4. The van der Waals surface area contributed by atoms with E-state index in [0.717, 1.165) is 0 Å². The number of benzene rings is 3. The Bertz CT molecular complexity index is 960. The topological polar surface area (TPSA) is 4.93 Å². The summed E-state index contributed by atoms with van der Waals surface area (Å²) in [5.41, 5.74) is 5.07. The van der Waals surface area contributed by atoms with E-state index in [1.54, 1.807) is 0 Å². The van der Waals surface area contributed by atoms with E-state index in [2.05, 4.69) is 85.1 Å². The molecule has 0 N–H and O–H groups in total. The first-order valence-corrected chi connectivity index (χ1v) is 7.31. The lowest BCUT2D eigenvalue weighted by Gasteiger charge is -2.09. The summed E-state index contributed by atoms with van der Waals surface area (Å²) in [7, 11) is 0. The van der Waals surface area contributed by atoms with Crippen LogP contribution in [-0.4, -0.2) is 4.57 Å². The highest BCUT2D eigenvalue weighted by Crippen LogP contribution is 2.30. The molecule has 3 aromatic carbocycles. The Kier molecular flexibility index (Phi) is 2.61. The van der Waals surface area contributed by atoms with Gasteiger partial charge in [-0.15, -0.1) is 0 Å². The lowest BCUT2D eigenvalue weighted by Crippen LogP contribution is -1.96. The number of hydrogen-bond donors (Lipinski definition) is 0. The summed E-state index contributed by atoms with van der Waals surface area (Å²) in [5, 5.41) is 3.95. The molecule has 4 aromatic rings. The van der Waals surface area contributed by atoms with E-state index in [4.69, 9.17) is 0 Å². The molecule has 0 aliphatic heterocycles. The molecule has 0 fully saturated rings. The standard InChI is InChI=1S/C20H17N/c1-14-6-5-8-17(12-14)21-15(2)13-19-18-9-4-3-7-16(18)10-11-20(19)21/h3-13H,1-2H3. The van der Waals surface area contributed by atoms with Crippen LogP contribution in [0.25, 0.3) is 27.4 Å². The van der Waals surface area contributed by atoms with E-state index in [1.165, 1.54) is 38.6 Å². The largest absolute Gasteiger partial charge is 0.314 e. The van der Waals surface area contributed by atoms with Gasteiger partial charge >= 0.3 is 0 Å². The molecule has 102 valence electrons. The van der Waals surface area contributed by atoms with E-state index in [1.807, 2.05) is 0 Å². The molecule has 0 radical (unpaired) electrons. The van der Waals surface area contributed by atoms with Crippen molar-refractivity contribution in [2.45, 2.75) is 13.8 Å². The van der Waals surface area contributed by atoms with Gasteiger partial charge in [0.15, 0.2) is 0 Å². The molecule has 0 saturated heterocycles. The van der Waals surface area contributed by atoms with Crippen molar-refractivity contribution in [3.63, 3.8) is 0 Å². The van der Waals surface area contributed by atoms with Gasteiger partial charge in [0.1, 0.15) is 0 Å². The Hall–Kier alpha value is -2.54. The van der Waals surface area contributed by atoms with Crippen molar-refractivity contribution in [2.75, 3.05) is 0 Å². The monoisotopic (exact) mass is 271 g/mol. The molecule has 0 aliphatic rings. The molecule has 0 atom stereocenters. The summed E-state index contributed by atoms with van der Waals surface area (Å²) in [6, 6.07) is 24.0. The predicted molar refractivity (Wildman–Crippen MR) is 90.3 cm³/mol. The number of aryl methyl sites for hydroxylation is 2. The normalized spacial score (nSPS) is 11.3. The highest BCUT2D eigenvalue weighted by molar-refractivity contribution is 6.07. The summed E-state index contributed by atoms with van der Waals surface area (Å²) in [6.07, 6.45) is 0. The molecule has 21 heavy (non-hydrogen) atoms. The molecule has 1 heteroatoms. The Balaban J connectivity index is 2.11. The maximum absolute atomic E-state index is 2.34. The van der Waals surface area contributed by atoms with Crippen molar-refractivity contribution in [3.8, 4) is 5.69 Å². The SMILES string of the molecule is Cc1cccc(-n2c(C)cc3c4ccccc4ccc32)c1. The lowest BCUT2D eigenvalue weighted by molar-refractivity contribution is 1.05. The van der Waals surface area contributed by atoms with Crippen LogP contribution in [0, 0.1) is 13.8 Å². The van der Waals surface area contributed by atoms with Gasteiger partial charge in [-0.25, -0.2) is 0 Å². The number of hydrogen-bond acceptors (Lipinski definition) is 0. The predicted octanol–water partition coefficient (Wildman–Crippen LogP) is 5.40.